The molecule has 3 N–H and O–H groups in total. The smallest absolute Gasteiger partial charge is 0.224 e. The molecule has 0 saturated heterocycles. The second-order valence-corrected chi connectivity index (χ2v) is 6.10. The van der Waals surface area contributed by atoms with E-state index in [1.54, 1.807) is 18.2 Å². The first-order valence-corrected chi connectivity index (χ1v) is 7.83. The molecule has 4 nitrogen and oxygen atoms in total. The Morgan fingerprint density at radius 1 is 1.48 bits per heavy atom. The summed E-state index contributed by atoms with van der Waals surface area (Å²) in [5, 5.41) is 3.39. The minimum absolute atomic E-state index is 0.0130. The van der Waals surface area contributed by atoms with Crippen LogP contribution in [0.2, 0.25) is 5.02 Å². The van der Waals surface area contributed by atoms with Crippen LogP contribution in [0.5, 0.6) is 0 Å². The molecule has 0 bridgehead atoms. The van der Waals surface area contributed by atoms with Crippen LogP contribution in [0.25, 0.3) is 0 Å². The van der Waals surface area contributed by atoms with Gasteiger partial charge < -0.3 is 16.0 Å². The molecule has 1 aromatic rings. The second-order valence-electron chi connectivity index (χ2n) is 5.66. The van der Waals surface area contributed by atoms with Gasteiger partial charge in [-0.25, -0.2) is 0 Å². The van der Waals surface area contributed by atoms with E-state index in [1.807, 2.05) is 0 Å². The minimum Gasteiger partial charge on any atom is -0.397 e. The summed E-state index contributed by atoms with van der Waals surface area (Å²) in [7, 11) is 2.10. The Hall–Kier alpha value is -1.26. The highest BCUT2D eigenvalue weighted by atomic mass is 35.5. The third kappa shape index (κ3) is 6.82. The molecule has 21 heavy (non-hydrogen) atoms. The number of hydrogen-bond donors (Lipinski definition) is 2. The standard InChI is InChI=1S/C16H26ClN3O/c1-4-12(2)11-20(3)9-5-6-16(21)19-15-8-7-13(17)10-14(15)18/h7-8,10,12H,4-6,9,11,18H2,1-3H3,(H,19,21). The van der Waals surface area contributed by atoms with Crippen LogP contribution in [-0.2, 0) is 4.79 Å². The molecule has 0 aliphatic heterocycles. The van der Waals surface area contributed by atoms with Gasteiger partial charge in [0, 0.05) is 18.0 Å². The van der Waals surface area contributed by atoms with Gasteiger partial charge in [0.25, 0.3) is 0 Å². The lowest BCUT2D eigenvalue weighted by molar-refractivity contribution is -0.116. The van der Waals surface area contributed by atoms with E-state index in [4.69, 9.17) is 17.3 Å². The molecule has 0 saturated carbocycles. The fourth-order valence-electron chi connectivity index (χ4n) is 2.12. The lowest BCUT2D eigenvalue weighted by atomic mass is 10.1. The van der Waals surface area contributed by atoms with Crippen molar-refractivity contribution in [1.29, 1.82) is 0 Å². The Labute approximate surface area is 132 Å². The van der Waals surface area contributed by atoms with Gasteiger partial charge in [0.05, 0.1) is 11.4 Å². The molecule has 0 fully saturated rings. The maximum Gasteiger partial charge on any atom is 0.224 e. The van der Waals surface area contributed by atoms with Gasteiger partial charge in [0.2, 0.25) is 5.91 Å². The maximum absolute atomic E-state index is 11.9. The summed E-state index contributed by atoms with van der Waals surface area (Å²) in [6.07, 6.45) is 2.51. The molecule has 1 unspecified atom stereocenters. The molecule has 1 aromatic carbocycles. The maximum atomic E-state index is 11.9. The van der Waals surface area contributed by atoms with Gasteiger partial charge in [-0.05, 0) is 44.1 Å². The fraction of sp³-hybridized carbons (Fsp3) is 0.562. The van der Waals surface area contributed by atoms with E-state index in [2.05, 4.69) is 31.1 Å². The van der Waals surface area contributed by atoms with E-state index in [-0.39, 0.29) is 5.91 Å². The lowest BCUT2D eigenvalue weighted by Crippen LogP contribution is -2.26. The van der Waals surface area contributed by atoms with Gasteiger partial charge in [0.1, 0.15) is 0 Å². The van der Waals surface area contributed by atoms with Crippen molar-refractivity contribution in [3.05, 3.63) is 23.2 Å². The summed E-state index contributed by atoms with van der Waals surface area (Å²) >= 11 is 5.83. The molecule has 0 spiro atoms. The zero-order valence-electron chi connectivity index (χ0n) is 13.2. The first-order valence-electron chi connectivity index (χ1n) is 7.45. The molecule has 1 atom stereocenters. The van der Waals surface area contributed by atoms with E-state index in [1.165, 1.54) is 6.42 Å². The molecular formula is C16H26ClN3O. The predicted molar refractivity (Wildman–Crippen MR) is 90.7 cm³/mol. The predicted octanol–water partition coefficient (Wildman–Crippen LogP) is 3.62. The third-order valence-electron chi connectivity index (χ3n) is 3.55. The highest BCUT2D eigenvalue weighted by Gasteiger charge is 2.08. The summed E-state index contributed by atoms with van der Waals surface area (Å²) in [5.41, 5.74) is 6.92. The minimum atomic E-state index is -0.0130. The molecule has 1 rings (SSSR count). The van der Waals surface area contributed by atoms with Crippen LogP contribution in [0.15, 0.2) is 18.2 Å². The molecule has 0 aliphatic rings. The quantitative estimate of drug-likeness (QED) is 0.721. The van der Waals surface area contributed by atoms with Crippen molar-refractivity contribution < 1.29 is 4.79 Å². The van der Waals surface area contributed by atoms with Crippen molar-refractivity contribution in [2.75, 3.05) is 31.2 Å². The summed E-state index contributed by atoms with van der Waals surface area (Å²) in [4.78, 5) is 14.2. The van der Waals surface area contributed by atoms with Gasteiger partial charge in [0.15, 0.2) is 0 Å². The second kappa shape index (κ2) is 8.90. The Morgan fingerprint density at radius 2 is 2.19 bits per heavy atom. The van der Waals surface area contributed by atoms with Crippen molar-refractivity contribution >= 4 is 28.9 Å². The zero-order chi connectivity index (χ0) is 15.8. The Kier molecular flexibility index (Phi) is 7.54. The highest BCUT2D eigenvalue weighted by Crippen LogP contribution is 2.22. The van der Waals surface area contributed by atoms with Crippen LogP contribution in [0.4, 0.5) is 11.4 Å². The number of carbonyl (C=O) groups excluding carboxylic acids is 1. The van der Waals surface area contributed by atoms with Crippen molar-refractivity contribution in [2.45, 2.75) is 33.1 Å². The van der Waals surface area contributed by atoms with Crippen molar-refractivity contribution in [3.63, 3.8) is 0 Å². The number of hydrogen-bond acceptors (Lipinski definition) is 3. The average molecular weight is 312 g/mol. The van der Waals surface area contributed by atoms with E-state index in [0.717, 1.165) is 19.5 Å². The van der Waals surface area contributed by atoms with Gasteiger partial charge in [-0.1, -0.05) is 31.9 Å². The van der Waals surface area contributed by atoms with E-state index >= 15 is 0 Å². The molecule has 0 heterocycles. The highest BCUT2D eigenvalue weighted by molar-refractivity contribution is 6.31. The SMILES string of the molecule is CCC(C)CN(C)CCCC(=O)Nc1ccc(Cl)cc1N. The summed E-state index contributed by atoms with van der Waals surface area (Å²) in [6.45, 7) is 6.44. The summed E-state index contributed by atoms with van der Waals surface area (Å²) < 4.78 is 0. The van der Waals surface area contributed by atoms with Gasteiger partial charge in [-0.2, -0.15) is 0 Å². The number of benzene rings is 1. The number of halogens is 1. The molecule has 0 aliphatic carbocycles. The number of nitrogens with two attached hydrogens (primary N) is 1. The van der Waals surface area contributed by atoms with Crippen LogP contribution < -0.4 is 11.1 Å². The van der Waals surface area contributed by atoms with Crippen molar-refractivity contribution in [2.24, 2.45) is 5.92 Å². The van der Waals surface area contributed by atoms with Crippen molar-refractivity contribution in [1.82, 2.24) is 4.90 Å². The molecule has 118 valence electrons. The number of nitrogens with one attached hydrogen (secondary N) is 1. The number of anilines is 2. The third-order valence-corrected chi connectivity index (χ3v) is 3.79. The van der Waals surface area contributed by atoms with Crippen molar-refractivity contribution in [3.8, 4) is 0 Å². The van der Waals surface area contributed by atoms with Gasteiger partial charge in [-0.3, -0.25) is 4.79 Å². The zero-order valence-corrected chi connectivity index (χ0v) is 13.9. The fourth-order valence-corrected chi connectivity index (χ4v) is 2.30. The molecular weight excluding hydrogens is 286 g/mol. The van der Waals surface area contributed by atoms with Crippen LogP contribution in [0.3, 0.4) is 0 Å². The number of nitrogens with zero attached hydrogens (tertiary/aromatic N) is 1. The number of nitrogen functional groups attached to an aromatic ring is 1. The first-order chi connectivity index (χ1) is 9.92. The van der Waals surface area contributed by atoms with Crippen LogP contribution >= 0.6 is 11.6 Å². The number of carbonyl (C=O) groups is 1. The Morgan fingerprint density at radius 3 is 2.81 bits per heavy atom. The van der Waals surface area contributed by atoms with Crippen LogP contribution in [0, 0.1) is 5.92 Å². The van der Waals surface area contributed by atoms with Crippen LogP contribution in [-0.4, -0.2) is 30.9 Å². The molecule has 0 radical (unpaired) electrons. The largest absolute Gasteiger partial charge is 0.397 e. The van der Waals surface area contributed by atoms with Gasteiger partial charge >= 0.3 is 0 Å². The van der Waals surface area contributed by atoms with Crippen LogP contribution in [0.1, 0.15) is 33.1 Å². The average Bonchev–Trinajstić information content (AvgIpc) is 2.41. The molecule has 0 aromatic heterocycles. The monoisotopic (exact) mass is 311 g/mol. The number of rotatable bonds is 8. The number of amides is 1. The lowest BCUT2D eigenvalue weighted by Gasteiger charge is -2.20. The van der Waals surface area contributed by atoms with E-state index < -0.39 is 0 Å². The van der Waals surface area contributed by atoms with Gasteiger partial charge in [-0.15, -0.1) is 0 Å². The summed E-state index contributed by atoms with van der Waals surface area (Å²) in [5.74, 6) is 0.679. The Balaban J connectivity index is 2.31. The first kappa shape index (κ1) is 17.8. The van der Waals surface area contributed by atoms with E-state index in [0.29, 0.717) is 28.7 Å². The van der Waals surface area contributed by atoms with E-state index in [9.17, 15) is 4.79 Å². The Bertz CT molecular complexity index is 465. The topological polar surface area (TPSA) is 58.4 Å². The molecule has 5 heteroatoms. The normalized spacial score (nSPS) is 12.4. The summed E-state index contributed by atoms with van der Waals surface area (Å²) in [6, 6.07) is 5.08. The molecule has 1 amide bonds.